The number of nitrogens with two attached hydrogens (primary N) is 2. The molecule has 2 rings (SSSR count). The van der Waals surface area contributed by atoms with Crippen LogP contribution < -0.4 is 11.5 Å². The van der Waals surface area contributed by atoms with E-state index >= 15 is 0 Å². The molecule has 2 aromatic carbocycles. The topological polar surface area (TPSA) is 89.3 Å². The van der Waals surface area contributed by atoms with E-state index in [1.165, 1.54) is 0 Å². The van der Waals surface area contributed by atoms with Crippen molar-refractivity contribution in [3.8, 4) is 11.1 Å². The van der Waals surface area contributed by atoms with E-state index < -0.39 is 5.97 Å². The lowest BCUT2D eigenvalue weighted by Crippen LogP contribution is -2.06. The molecule has 0 saturated carbocycles. The number of carboxylic acid groups (broad SMARTS) is 1. The molecule has 4 heteroatoms. The van der Waals surface area contributed by atoms with Gasteiger partial charge in [-0.05, 0) is 78.8 Å². The second-order valence-corrected chi connectivity index (χ2v) is 5.78. The van der Waals surface area contributed by atoms with Crippen LogP contribution in [0.4, 0.5) is 11.4 Å². The first kappa shape index (κ1) is 15.9. The zero-order chi connectivity index (χ0) is 16.6. The SMILES string of the molecule is Cc1c(C)c(-c2ccc(N)cc2CC(=O)O)c(C)c(C)c1N. The zero-order valence-electron chi connectivity index (χ0n) is 13.4. The Kier molecular flexibility index (Phi) is 4.13. The fraction of sp³-hybridized carbons (Fsp3) is 0.278. The van der Waals surface area contributed by atoms with Crippen LogP contribution >= 0.6 is 0 Å². The molecule has 0 fully saturated rings. The van der Waals surface area contributed by atoms with Crippen molar-refractivity contribution < 1.29 is 9.90 Å². The molecule has 0 aromatic heterocycles. The van der Waals surface area contributed by atoms with E-state index in [1.54, 1.807) is 12.1 Å². The Balaban J connectivity index is 2.80. The summed E-state index contributed by atoms with van der Waals surface area (Å²) in [6.45, 7) is 8.03. The molecule has 0 aliphatic heterocycles. The molecule has 116 valence electrons. The summed E-state index contributed by atoms with van der Waals surface area (Å²) in [5.41, 5.74) is 20.3. The molecule has 5 N–H and O–H groups in total. The number of anilines is 2. The normalized spacial score (nSPS) is 10.7. The lowest BCUT2D eigenvalue weighted by molar-refractivity contribution is -0.136. The van der Waals surface area contributed by atoms with Crippen molar-refractivity contribution in [2.24, 2.45) is 0 Å². The van der Waals surface area contributed by atoms with E-state index in [0.717, 1.165) is 44.6 Å². The summed E-state index contributed by atoms with van der Waals surface area (Å²) < 4.78 is 0. The minimum Gasteiger partial charge on any atom is -0.481 e. The van der Waals surface area contributed by atoms with Crippen molar-refractivity contribution >= 4 is 17.3 Å². The largest absolute Gasteiger partial charge is 0.481 e. The summed E-state index contributed by atoms with van der Waals surface area (Å²) in [4.78, 5) is 11.2. The maximum absolute atomic E-state index is 11.2. The van der Waals surface area contributed by atoms with Crippen LogP contribution in [-0.4, -0.2) is 11.1 Å². The molecule has 2 aromatic rings. The second-order valence-electron chi connectivity index (χ2n) is 5.78. The van der Waals surface area contributed by atoms with E-state index in [4.69, 9.17) is 16.6 Å². The number of rotatable bonds is 3. The second kappa shape index (κ2) is 5.72. The van der Waals surface area contributed by atoms with Gasteiger partial charge in [0.05, 0.1) is 6.42 Å². The number of hydrogen-bond donors (Lipinski definition) is 3. The summed E-state index contributed by atoms with van der Waals surface area (Å²) in [6, 6.07) is 5.45. The fourth-order valence-electron chi connectivity index (χ4n) is 2.91. The minimum atomic E-state index is -0.869. The molecule has 0 saturated heterocycles. The quantitative estimate of drug-likeness (QED) is 0.758. The van der Waals surface area contributed by atoms with Gasteiger partial charge in [0.2, 0.25) is 0 Å². The molecule has 0 spiro atoms. The molecule has 0 aliphatic rings. The lowest BCUT2D eigenvalue weighted by Gasteiger charge is -2.20. The highest BCUT2D eigenvalue weighted by molar-refractivity contribution is 5.83. The number of carboxylic acids is 1. The molecule has 22 heavy (non-hydrogen) atoms. The number of nitrogen functional groups attached to an aromatic ring is 2. The summed E-state index contributed by atoms with van der Waals surface area (Å²) >= 11 is 0. The van der Waals surface area contributed by atoms with Gasteiger partial charge < -0.3 is 16.6 Å². The lowest BCUT2D eigenvalue weighted by atomic mass is 9.85. The predicted octanol–water partition coefficient (Wildman–Crippen LogP) is 3.38. The van der Waals surface area contributed by atoms with Gasteiger partial charge in [-0.1, -0.05) is 6.07 Å². The maximum Gasteiger partial charge on any atom is 0.307 e. The first-order valence-electron chi connectivity index (χ1n) is 7.20. The van der Waals surface area contributed by atoms with Crippen molar-refractivity contribution in [2.75, 3.05) is 11.5 Å². The van der Waals surface area contributed by atoms with Crippen LogP contribution in [0.1, 0.15) is 27.8 Å². The zero-order valence-corrected chi connectivity index (χ0v) is 13.4. The fourth-order valence-corrected chi connectivity index (χ4v) is 2.91. The van der Waals surface area contributed by atoms with Crippen LogP contribution in [0.15, 0.2) is 18.2 Å². The number of carbonyl (C=O) groups is 1. The number of benzene rings is 2. The molecular weight excluding hydrogens is 276 g/mol. The van der Waals surface area contributed by atoms with E-state index in [0.29, 0.717) is 5.69 Å². The van der Waals surface area contributed by atoms with Gasteiger partial charge in [0, 0.05) is 11.4 Å². The maximum atomic E-state index is 11.2. The summed E-state index contributed by atoms with van der Waals surface area (Å²) in [5, 5.41) is 9.16. The molecule has 0 heterocycles. The predicted molar refractivity (Wildman–Crippen MR) is 91.0 cm³/mol. The Labute approximate surface area is 130 Å². The summed E-state index contributed by atoms with van der Waals surface area (Å²) in [5.74, 6) is -0.869. The first-order chi connectivity index (χ1) is 10.2. The highest BCUT2D eigenvalue weighted by Crippen LogP contribution is 2.37. The van der Waals surface area contributed by atoms with Gasteiger partial charge in [0.25, 0.3) is 0 Å². The summed E-state index contributed by atoms with van der Waals surface area (Å²) in [6.07, 6.45) is -0.0538. The minimum absolute atomic E-state index is 0.0538. The average Bonchev–Trinajstić information content (AvgIpc) is 2.45. The van der Waals surface area contributed by atoms with E-state index in [2.05, 4.69) is 0 Å². The average molecular weight is 298 g/mol. The third-order valence-electron chi connectivity index (χ3n) is 4.42. The van der Waals surface area contributed by atoms with Crippen LogP contribution in [0, 0.1) is 27.7 Å². The molecule has 0 unspecified atom stereocenters. The van der Waals surface area contributed by atoms with Crippen LogP contribution in [0.5, 0.6) is 0 Å². The molecule has 0 aliphatic carbocycles. The first-order valence-corrected chi connectivity index (χ1v) is 7.20. The number of aliphatic carboxylic acids is 1. The molecule has 0 radical (unpaired) electrons. The van der Waals surface area contributed by atoms with Gasteiger partial charge in [-0.15, -0.1) is 0 Å². The Hall–Kier alpha value is -2.49. The Bertz CT molecular complexity index is 735. The highest BCUT2D eigenvalue weighted by Gasteiger charge is 2.18. The van der Waals surface area contributed by atoms with Gasteiger partial charge >= 0.3 is 5.97 Å². The Morgan fingerprint density at radius 3 is 2.05 bits per heavy atom. The van der Waals surface area contributed by atoms with Gasteiger partial charge in [0.15, 0.2) is 0 Å². The third-order valence-corrected chi connectivity index (χ3v) is 4.42. The number of hydrogen-bond acceptors (Lipinski definition) is 3. The third kappa shape index (κ3) is 2.64. The monoisotopic (exact) mass is 298 g/mol. The van der Waals surface area contributed by atoms with Crippen LogP contribution in [0.3, 0.4) is 0 Å². The van der Waals surface area contributed by atoms with Crippen LogP contribution in [0.25, 0.3) is 11.1 Å². The van der Waals surface area contributed by atoms with Crippen molar-refractivity contribution in [2.45, 2.75) is 34.1 Å². The van der Waals surface area contributed by atoms with Crippen LogP contribution in [-0.2, 0) is 11.2 Å². The van der Waals surface area contributed by atoms with E-state index in [1.807, 2.05) is 33.8 Å². The van der Waals surface area contributed by atoms with E-state index in [9.17, 15) is 4.79 Å². The Morgan fingerprint density at radius 1 is 1.00 bits per heavy atom. The smallest absolute Gasteiger partial charge is 0.307 e. The molecule has 0 bridgehead atoms. The van der Waals surface area contributed by atoms with Gasteiger partial charge in [-0.2, -0.15) is 0 Å². The van der Waals surface area contributed by atoms with Crippen molar-refractivity contribution in [3.63, 3.8) is 0 Å². The van der Waals surface area contributed by atoms with Crippen molar-refractivity contribution in [1.29, 1.82) is 0 Å². The standard InChI is InChI=1S/C18H22N2O2/c1-9-11(3)18(20)12(4)10(2)17(9)15-6-5-14(19)7-13(15)8-16(21)22/h5-7H,8,19-20H2,1-4H3,(H,21,22). The molecule has 4 nitrogen and oxygen atoms in total. The highest BCUT2D eigenvalue weighted by atomic mass is 16.4. The molecule has 0 atom stereocenters. The van der Waals surface area contributed by atoms with Gasteiger partial charge in [0.1, 0.15) is 0 Å². The Morgan fingerprint density at radius 2 is 1.55 bits per heavy atom. The summed E-state index contributed by atoms with van der Waals surface area (Å²) in [7, 11) is 0. The molecule has 0 amide bonds. The van der Waals surface area contributed by atoms with Crippen molar-refractivity contribution in [1.82, 2.24) is 0 Å². The molecular formula is C18H22N2O2. The van der Waals surface area contributed by atoms with Gasteiger partial charge in [-0.3, -0.25) is 4.79 Å². The van der Waals surface area contributed by atoms with Gasteiger partial charge in [-0.25, -0.2) is 0 Å². The van der Waals surface area contributed by atoms with E-state index in [-0.39, 0.29) is 6.42 Å². The van der Waals surface area contributed by atoms with Crippen molar-refractivity contribution in [3.05, 3.63) is 46.0 Å². The van der Waals surface area contributed by atoms with Crippen LogP contribution in [0.2, 0.25) is 0 Å².